The van der Waals surface area contributed by atoms with Crippen molar-refractivity contribution in [2.75, 3.05) is 13.1 Å². The molecule has 1 unspecified atom stereocenters. The second-order valence-electron chi connectivity index (χ2n) is 5.64. The van der Waals surface area contributed by atoms with Gasteiger partial charge in [-0.2, -0.15) is 0 Å². The molecule has 2 atom stereocenters. The Morgan fingerprint density at radius 1 is 1.29 bits per heavy atom. The van der Waals surface area contributed by atoms with E-state index in [1.807, 2.05) is 0 Å². The van der Waals surface area contributed by atoms with Crippen LogP contribution in [-0.4, -0.2) is 58.0 Å². The van der Waals surface area contributed by atoms with Crippen LogP contribution in [0, 0.1) is 11.8 Å². The van der Waals surface area contributed by atoms with Crippen molar-refractivity contribution in [2.24, 2.45) is 11.8 Å². The lowest BCUT2D eigenvalue weighted by Gasteiger charge is -2.17. The molecule has 1 saturated heterocycles. The van der Waals surface area contributed by atoms with Crippen molar-refractivity contribution < 1.29 is 29.4 Å². The summed E-state index contributed by atoms with van der Waals surface area (Å²) >= 11 is 0. The largest absolute Gasteiger partial charge is 0.481 e. The van der Waals surface area contributed by atoms with Crippen LogP contribution in [0.4, 0.5) is 0 Å². The predicted molar refractivity (Wildman–Crippen MR) is 69.2 cm³/mol. The third kappa shape index (κ3) is 4.17. The molecule has 2 amide bonds. The van der Waals surface area contributed by atoms with Crippen LogP contribution in [0.1, 0.15) is 25.7 Å². The Labute approximate surface area is 121 Å². The van der Waals surface area contributed by atoms with Crippen molar-refractivity contribution in [3.8, 4) is 0 Å². The maximum Gasteiger partial charge on any atom is 0.326 e. The van der Waals surface area contributed by atoms with Crippen molar-refractivity contribution >= 4 is 23.8 Å². The molecule has 1 aliphatic heterocycles. The Hall–Kier alpha value is -2.12. The molecule has 0 aromatic carbocycles. The van der Waals surface area contributed by atoms with Crippen LogP contribution in [0.2, 0.25) is 0 Å². The second kappa shape index (κ2) is 6.11. The molecule has 0 aromatic heterocycles. The van der Waals surface area contributed by atoms with Gasteiger partial charge in [0, 0.05) is 19.5 Å². The average Bonchev–Trinajstić information content (AvgIpc) is 3.11. The maximum atomic E-state index is 12.0. The number of hydrogen-bond donors (Lipinski definition) is 3. The van der Waals surface area contributed by atoms with Crippen LogP contribution in [0.15, 0.2) is 0 Å². The predicted octanol–water partition coefficient (Wildman–Crippen LogP) is -0.711. The normalized spacial score (nSPS) is 23.0. The number of hydrogen-bond acceptors (Lipinski definition) is 4. The second-order valence-corrected chi connectivity index (χ2v) is 5.64. The van der Waals surface area contributed by atoms with Gasteiger partial charge in [-0.15, -0.1) is 0 Å². The minimum absolute atomic E-state index is 0.0535. The Kier molecular flexibility index (Phi) is 4.44. The van der Waals surface area contributed by atoms with Gasteiger partial charge in [-0.3, -0.25) is 14.4 Å². The molecule has 1 heterocycles. The van der Waals surface area contributed by atoms with E-state index in [-0.39, 0.29) is 18.9 Å². The van der Waals surface area contributed by atoms with Gasteiger partial charge in [0.05, 0.1) is 12.3 Å². The summed E-state index contributed by atoms with van der Waals surface area (Å²) in [5.41, 5.74) is 0. The van der Waals surface area contributed by atoms with Crippen LogP contribution in [-0.2, 0) is 19.2 Å². The quantitative estimate of drug-likeness (QED) is 0.570. The minimum Gasteiger partial charge on any atom is -0.481 e. The molecule has 1 aliphatic carbocycles. The monoisotopic (exact) mass is 298 g/mol. The molecular formula is C13H18N2O6. The van der Waals surface area contributed by atoms with Gasteiger partial charge < -0.3 is 20.4 Å². The van der Waals surface area contributed by atoms with Crippen molar-refractivity contribution in [3.05, 3.63) is 0 Å². The lowest BCUT2D eigenvalue weighted by molar-refractivity contribution is -0.147. The van der Waals surface area contributed by atoms with Crippen molar-refractivity contribution in [1.29, 1.82) is 0 Å². The van der Waals surface area contributed by atoms with E-state index in [1.54, 1.807) is 4.90 Å². The summed E-state index contributed by atoms with van der Waals surface area (Å²) in [4.78, 5) is 46.9. The first-order chi connectivity index (χ1) is 9.86. The highest BCUT2D eigenvalue weighted by Gasteiger charge is 2.38. The summed E-state index contributed by atoms with van der Waals surface area (Å²) < 4.78 is 0. The van der Waals surface area contributed by atoms with Crippen molar-refractivity contribution in [2.45, 2.75) is 31.7 Å². The molecule has 0 radical (unpaired) electrons. The highest BCUT2D eigenvalue weighted by atomic mass is 16.4. The Balaban J connectivity index is 1.88. The zero-order chi connectivity index (χ0) is 15.6. The van der Waals surface area contributed by atoms with E-state index >= 15 is 0 Å². The summed E-state index contributed by atoms with van der Waals surface area (Å²) in [6.45, 7) is 0.931. The third-order valence-corrected chi connectivity index (χ3v) is 3.75. The van der Waals surface area contributed by atoms with Gasteiger partial charge in [-0.25, -0.2) is 4.79 Å². The van der Waals surface area contributed by atoms with Gasteiger partial charge in [0.25, 0.3) is 0 Å². The molecule has 2 rings (SSSR count). The fraction of sp³-hybridized carbons (Fsp3) is 0.692. The summed E-state index contributed by atoms with van der Waals surface area (Å²) in [6.07, 6.45) is 1.56. The number of likely N-dealkylation sites (tertiary alicyclic amines) is 1. The van der Waals surface area contributed by atoms with Crippen LogP contribution >= 0.6 is 0 Å². The summed E-state index contributed by atoms with van der Waals surface area (Å²) in [5.74, 6) is -3.46. The summed E-state index contributed by atoms with van der Waals surface area (Å²) in [7, 11) is 0. The summed E-state index contributed by atoms with van der Waals surface area (Å²) in [6, 6.07) is -1.47. The fourth-order valence-electron chi connectivity index (χ4n) is 2.40. The molecule has 1 saturated carbocycles. The fourth-order valence-corrected chi connectivity index (χ4v) is 2.40. The van der Waals surface area contributed by atoms with Crippen molar-refractivity contribution in [3.63, 3.8) is 0 Å². The lowest BCUT2D eigenvalue weighted by Crippen LogP contribution is -2.45. The molecule has 0 bridgehead atoms. The van der Waals surface area contributed by atoms with E-state index in [0.717, 1.165) is 12.8 Å². The molecule has 3 N–H and O–H groups in total. The number of carboxylic acids is 2. The Morgan fingerprint density at radius 2 is 1.95 bits per heavy atom. The Morgan fingerprint density at radius 3 is 2.48 bits per heavy atom. The van der Waals surface area contributed by atoms with Gasteiger partial charge in [0.15, 0.2) is 0 Å². The Bertz CT molecular complexity index is 473. The van der Waals surface area contributed by atoms with Crippen molar-refractivity contribution in [1.82, 2.24) is 10.2 Å². The molecule has 8 nitrogen and oxygen atoms in total. The van der Waals surface area contributed by atoms with Gasteiger partial charge in [0.2, 0.25) is 11.8 Å². The zero-order valence-corrected chi connectivity index (χ0v) is 11.4. The zero-order valence-electron chi connectivity index (χ0n) is 11.4. The summed E-state index contributed by atoms with van der Waals surface area (Å²) in [5, 5.41) is 19.7. The molecule has 2 aliphatic rings. The van der Waals surface area contributed by atoms with E-state index in [4.69, 9.17) is 10.2 Å². The van der Waals surface area contributed by atoms with Gasteiger partial charge in [-0.05, 0) is 18.8 Å². The highest BCUT2D eigenvalue weighted by Crippen LogP contribution is 2.32. The lowest BCUT2D eigenvalue weighted by atomic mass is 10.1. The van der Waals surface area contributed by atoms with Crippen LogP contribution in [0.3, 0.4) is 0 Å². The third-order valence-electron chi connectivity index (χ3n) is 3.75. The molecule has 0 spiro atoms. The molecule has 0 aromatic rings. The first kappa shape index (κ1) is 15.3. The van der Waals surface area contributed by atoms with Crippen LogP contribution in [0.5, 0.6) is 0 Å². The van der Waals surface area contributed by atoms with Gasteiger partial charge in [0.1, 0.15) is 6.04 Å². The number of amides is 2. The SMILES string of the molecule is O=C(O)C[C@@H](NC(=O)C1CC(=O)N(CC2CC2)C1)C(=O)O. The minimum atomic E-state index is -1.47. The highest BCUT2D eigenvalue weighted by molar-refractivity contribution is 5.92. The van der Waals surface area contributed by atoms with Gasteiger partial charge in [-0.1, -0.05) is 0 Å². The molecular weight excluding hydrogens is 280 g/mol. The van der Waals surface area contributed by atoms with Crippen LogP contribution in [0.25, 0.3) is 0 Å². The standard InChI is InChI=1S/C13H18N2O6/c16-10-3-8(6-15(10)5-7-1-2-7)12(19)14-9(13(20)21)4-11(17)18/h7-9H,1-6H2,(H,14,19)(H,17,18)(H,20,21)/t8?,9-/m1/s1. The number of carboxylic acid groups (broad SMARTS) is 2. The molecule has 116 valence electrons. The first-order valence-electron chi connectivity index (χ1n) is 6.89. The average molecular weight is 298 g/mol. The number of aliphatic carboxylic acids is 2. The van der Waals surface area contributed by atoms with Crippen LogP contribution < -0.4 is 5.32 Å². The van der Waals surface area contributed by atoms with E-state index in [0.29, 0.717) is 12.5 Å². The number of carbonyl (C=O) groups excluding carboxylic acids is 2. The smallest absolute Gasteiger partial charge is 0.326 e. The number of nitrogens with one attached hydrogen (secondary N) is 1. The topological polar surface area (TPSA) is 124 Å². The molecule has 8 heteroatoms. The number of rotatable bonds is 7. The van der Waals surface area contributed by atoms with E-state index in [2.05, 4.69) is 5.32 Å². The van der Waals surface area contributed by atoms with E-state index in [1.165, 1.54) is 0 Å². The number of nitrogens with zero attached hydrogens (tertiary/aromatic N) is 1. The maximum absolute atomic E-state index is 12.0. The molecule has 2 fully saturated rings. The van der Waals surface area contributed by atoms with E-state index < -0.39 is 36.2 Å². The molecule has 21 heavy (non-hydrogen) atoms. The van der Waals surface area contributed by atoms with Gasteiger partial charge >= 0.3 is 11.9 Å². The number of carbonyl (C=O) groups is 4. The van der Waals surface area contributed by atoms with E-state index in [9.17, 15) is 19.2 Å². The first-order valence-corrected chi connectivity index (χ1v) is 6.89.